The van der Waals surface area contributed by atoms with Crippen LogP contribution in [-0.2, 0) is 9.53 Å². The molecule has 1 amide bonds. The average Bonchev–Trinajstić information content (AvgIpc) is 2.72. The number of ether oxygens (including phenoxy) is 3. The largest absolute Gasteiger partial charge is 0.493 e. The van der Waals surface area contributed by atoms with Gasteiger partial charge in [0.25, 0.3) is 11.6 Å². The average molecular weight is 417 g/mol. The van der Waals surface area contributed by atoms with Gasteiger partial charge in [0.1, 0.15) is 0 Å². The lowest BCUT2D eigenvalue weighted by Gasteiger charge is -2.18. The Labute approximate surface area is 173 Å². The molecule has 0 saturated heterocycles. The van der Waals surface area contributed by atoms with E-state index < -0.39 is 22.9 Å². The van der Waals surface area contributed by atoms with Gasteiger partial charge in [-0.25, -0.2) is 4.79 Å². The number of carbonyl (C=O) groups excluding carboxylic acids is 2. The van der Waals surface area contributed by atoms with Crippen LogP contribution >= 0.6 is 0 Å². The summed E-state index contributed by atoms with van der Waals surface area (Å²) in [6, 6.07) is 8.66. The zero-order valence-corrected chi connectivity index (χ0v) is 17.3. The number of non-ortho nitro benzene ring substituents is 1. The smallest absolute Gasteiger partial charge is 0.341 e. The summed E-state index contributed by atoms with van der Waals surface area (Å²) < 4.78 is 15.6. The molecule has 160 valence electrons. The summed E-state index contributed by atoms with van der Waals surface area (Å²) in [5.41, 5.74) is 0.581. The monoisotopic (exact) mass is 417 g/mol. The lowest BCUT2D eigenvalue weighted by molar-refractivity contribution is -0.384. The number of hydrogen-bond acceptors (Lipinski definition) is 8. The minimum atomic E-state index is -1.15. The highest BCUT2D eigenvalue weighted by Crippen LogP contribution is 2.30. The van der Waals surface area contributed by atoms with Gasteiger partial charge >= 0.3 is 5.97 Å². The normalized spacial score (nSPS) is 11.2. The fourth-order valence-corrected chi connectivity index (χ4v) is 2.63. The van der Waals surface area contributed by atoms with Crippen LogP contribution in [0.4, 0.5) is 17.1 Å². The Bertz CT molecular complexity index is 959. The molecule has 0 aliphatic carbocycles. The van der Waals surface area contributed by atoms with Crippen LogP contribution in [0.1, 0.15) is 17.3 Å². The van der Waals surface area contributed by atoms with E-state index in [0.717, 1.165) is 6.07 Å². The van der Waals surface area contributed by atoms with Crippen molar-refractivity contribution >= 4 is 28.9 Å². The van der Waals surface area contributed by atoms with Gasteiger partial charge in [0.05, 0.1) is 30.4 Å². The zero-order chi connectivity index (χ0) is 22.4. The molecule has 1 N–H and O–H groups in total. The maximum atomic E-state index is 12.6. The van der Waals surface area contributed by atoms with Crippen LogP contribution in [0.15, 0.2) is 36.4 Å². The van der Waals surface area contributed by atoms with Crippen LogP contribution in [0.25, 0.3) is 0 Å². The molecule has 0 aromatic heterocycles. The number of carbonyl (C=O) groups is 2. The first-order chi connectivity index (χ1) is 14.2. The van der Waals surface area contributed by atoms with E-state index in [2.05, 4.69) is 5.32 Å². The highest BCUT2D eigenvalue weighted by atomic mass is 16.6. The van der Waals surface area contributed by atoms with Gasteiger partial charge in [0.15, 0.2) is 17.6 Å². The molecule has 10 nitrogen and oxygen atoms in total. The second-order valence-electron chi connectivity index (χ2n) is 6.46. The fraction of sp³-hybridized carbons (Fsp3) is 0.300. The van der Waals surface area contributed by atoms with Crippen LogP contribution in [-0.4, -0.2) is 51.2 Å². The molecule has 0 aliphatic heterocycles. The van der Waals surface area contributed by atoms with Gasteiger partial charge in [-0.2, -0.15) is 0 Å². The Hall–Kier alpha value is -3.82. The maximum Gasteiger partial charge on any atom is 0.341 e. The summed E-state index contributed by atoms with van der Waals surface area (Å²) >= 11 is 0. The van der Waals surface area contributed by atoms with E-state index in [1.807, 2.05) is 0 Å². The standard InChI is InChI=1S/C20H23N3O7/c1-12(19(24)21-13-6-9-17(28-4)18(10-13)29-5)30-20(25)15-11-14(23(26)27)7-8-16(15)22(2)3/h6-12H,1-5H3,(H,21,24)/t12-/m0/s1. The molecule has 30 heavy (non-hydrogen) atoms. The Kier molecular flexibility index (Phi) is 7.18. The van der Waals surface area contributed by atoms with Gasteiger partial charge in [0, 0.05) is 38.0 Å². The summed E-state index contributed by atoms with van der Waals surface area (Å²) in [6.07, 6.45) is -1.15. The number of rotatable bonds is 8. The van der Waals surface area contributed by atoms with Crippen molar-refractivity contribution in [3.8, 4) is 11.5 Å². The van der Waals surface area contributed by atoms with Crippen LogP contribution in [0.5, 0.6) is 11.5 Å². The third-order valence-electron chi connectivity index (χ3n) is 4.20. The van der Waals surface area contributed by atoms with E-state index in [-0.39, 0.29) is 11.3 Å². The molecule has 0 aliphatic rings. The minimum Gasteiger partial charge on any atom is -0.493 e. The van der Waals surface area contributed by atoms with E-state index >= 15 is 0 Å². The Balaban J connectivity index is 2.16. The lowest BCUT2D eigenvalue weighted by atomic mass is 10.1. The molecule has 0 radical (unpaired) electrons. The molecule has 0 heterocycles. The zero-order valence-electron chi connectivity index (χ0n) is 17.3. The highest BCUT2D eigenvalue weighted by Gasteiger charge is 2.24. The molecular weight excluding hydrogens is 394 g/mol. The molecule has 0 spiro atoms. The third-order valence-corrected chi connectivity index (χ3v) is 4.20. The SMILES string of the molecule is COc1ccc(NC(=O)[C@H](C)OC(=O)c2cc([N+](=O)[O-])ccc2N(C)C)cc1OC. The number of hydrogen-bond donors (Lipinski definition) is 1. The summed E-state index contributed by atoms with van der Waals surface area (Å²) in [5.74, 6) is -0.506. The molecule has 1 atom stereocenters. The van der Waals surface area contributed by atoms with Gasteiger partial charge < -0.3 is 24.4 Å². The minimum absolute atomic E-state index is 0.0139. The van der Waals surface area contributed by atoms with Crippen molar-refractivity contribution in [2.24, 2.45) is 0 Å². The van der Waals surface area contributed by atoms with Gasteiger partial charge in [-0.05, 0) is 25.1 Å². The summed E-state index contributed by atoms with van der Waals surface area (Å²) in [7, 11) is 6.33. The molecular formula is C20H23N3O7. The van der Waals surface area contributed by atoms with Crippen LogP contribution in [0.3, 0.4) is 0 Å². The lowest BCUT2D eigenvalue weighted by Crippen LogP contribution is -2.30. The van der Waals surface area contributed by atoms with Crippen molar-refractivity contribution in [1.82, 2.24) is 0 Å². The molecule has 2 aromatic rings. The molecule has 2 aromatic carbocycles. The first kappa shape index (κ1) is 22.5. The number of anilines is 2. The first-order valence-electron chi connectivity index (χ1n) is 8.87. The number of nitro benzene ring substituents is 1. The number of nitro groups is 1. The molecule has 10 heteroatoms. The summed E-state index contributed by atoms with van der Waals surface area (Å²) in [5, 5.41) is 13.7. The number of esters is 1. The number of benzene rings is 2. The van der Waals surface area contributed by atoms with Crippen LogP contribution in [0, 0.1) is 10.1 Å². The Morgan fingerprint density at radius 2 is 1.73 bits per heavy atom. The second kappa shape index (κ2) is 9.59. The van der Waals surface area contributed by atoms with Crippen molar-refractivity contribution in [2.75, 3.05) is 38.5 Å². The first-order valence-corrected chi connectivity index (χ1v) is 8.87. The summed E-state index contributed by atoms with van der Waals surface area (Å²) in [4.78, 5) is 37.1. The van der Waals surface area contributed by atoms with E-state index in [1.165, 1.54) is 33.3 Å². The van der Waals surface area contributed by atoms with Gasteiger partial charge in [-0.1, -0.05) is 0 Å². The van der Waals surface area contributed by atoms with Gasteiger partial charge in [-0.3, -0.25) is 14.9 Å². The van der Waals surface area contributed by atoms with E-state index in [1.54, 1.807) is 37.2 Å². The number of methoxy groups -OCH3 is 2. The molecule has 0 saturated carbocycles. The van der Waals surface area contributed by atoms with E-state index in [0.29, 0.717) is 22.9 Å². The molecule has 0 fully saturated rings. The van der Waals surface area contributed by atoms with Gasteiger partial charge in [0.2, 0.25) is 0 Å². The number of amides is 1. The van der Waals surface area contributed by atoms with E-state index in [9.17, 15) is 19.7 Å². The fourth-order valence-electron chi connectivity index (χ4n) is 2.63. The van der Waals surface area contributed by atoms with Crippen molar-refractivity contribution < 1.29 is 28.7 Å². The predicted molar refractivity (Wildman–Crippen MR) is 110 cm³/mol. The number of nitrogens with one attached hydrogen (secondary N) is 1. The topological polar surface area (TPSA) is 120 Å². The molecule has 0 bridgehead atoms. The van der Waals surface area contributed by atoms with Crippen LogP contribution in [0.2, 0.25) is 0 Å². The summed E-state index contributed by atoms with van der Waals surface area (Å²) in [6.45, 7) is 1.40. The number of nitrogens with zero attached hydrogens (tertiary/aromatic N) is 2. The maximum absolute atomic E-state index is 12.6. The molecule has 2 rings (SSSR count). The van der Waals surface area contributed by atoms with Crippen molar-refractivity contribution in [1.29, 1.82) is 0 Å². The predicted octanol–water partition coefficient (Wildman–Crippen LogP) is 2.86. The van der Waals surface area contributed by atoms with E-state index in [4.69, 9.17) is 14.2 Å². The van der Waals surface area contributed by atoms with Crippen LogP contribution < -0.4 is 19.7 Å². The van der Waals surface area contributed by atoms with Crippen molar-refractivity contribution in [3.63, 3.8) is 0 Å². The third kappa shape index (κ3) is 5.16. The highest BCUT2D eigenvalue weighted by molar-refractivity contribution is 6.00. The van der Waals surface area contributed by atoms with Crippen molar-refractivity contribution in [3.05, 3.63) is 52.1 Å². The Morgan fingerprint density at radius 1 is 1.07 bits per heavy atom. The van der Waals surface area contributed by atoms with Gasteiger partial charge in [-0.15, -0.1) is 0 Å². The van der Waals surface area contributed by atoms with Crippen molar-refractivity contribution in [2.45, 2.75) is 13.0 Å². The quantitative estimate of drug-likeness (QED) is 0.395. The molecule has 0 unspecified atom stereocenters. The second-order valence-corrected chi connectivity index (χ2v) is 6.46. The Morgan fingerprint density at radius 3 is 2.30 bits per heavy atom.